The van der Waals surface area contributed by atoms with E-state index in [1.807, 2.05) is 19.1 Å². The third-order valence-corrected chi connectivity index (χ3v) is 6.94. The van der Waals surface area contributed by atoms with Crippen molar-refractivity contribution < 1.29 is 12.6 Å². The van der Waals surface area contributed by atoms with E-state index >= 15 is 0 Å². The molecule has 3 saturated heterocycles. The first-order valence-electron chi connectivity index (χ1n) is 7.61. The smallest absolute Gasteiger partial charge is 0.286 e. The highest BCUT2D eigenvalue weighted by molar-refractivity contribution is 7.86. The van der Waals surface area contributed by atoms with Gasteiger partial charge in [0.2, 0.25) is 0 Å². The fourth-order valence-corrected chi connectivity index (χ4v) is 5.65. The molecule has 0 radical (unpaired) electrons. The molecule has 114 valence electrons. The molecule has 4 aliphatic rings. The number of aryl methyl sites for hydroxylation is 1. The number of fused-ring (bicyclic) bond motifs is 1. The Morgan fingerprint density at radius 1 is 1.19 bits per heavy atom. The Bertz CT molecular complexity index is 680. The van der Waals surface area contributed by atoms with E-state index in [1.165, 1.54) is 6.42 Å². The van der Waals surface area contributed by atoms with Gasteiger partial charge in [-0.3, -0.25) is 9.08 Å². The molecule has 3 heterocycles. The molecule has 1 aromatic rings. The van der Waals surface area contributed by atoms with Crippen molar-refractivity contribution in [2.75, 3.05) is 0 Å². The highest BCUT2D eigenvalue weighted by Gasteiger charge is 2.72. The lowest BCUT2D eigenvalue weighted by molar-refractivity contribution is 0.0698. The summed E-state index contributed by atoms with van der Waals surface area (Å²) in [7, 11) is -3.67. The second-order valence-corrected chi connectivity index (χ2v) is 8.70. The van der Waals surface area contributed by atoms with Gasteiger partial charge in [-0.1, -0.05) is 17.7 Å². The Morgan fingerprint density at radius 3 is 2.38 bits per heavy atom. The van der Waals surface area contributed by atoms with E-state index in [0.717, 1.165) is 12.0 Å². The molecule has 0 aromatic heterocycles. The molecule has 1 aromatic carbocycles. The Balaban J connectivity index is 1.61. The molecule has 5 atom stereocenters. The third kappa shape index (κ3) is 1.84. The zero-order valence-corrected chi connectivity index (χ0v) is 13.4. The lowest BCUT2D eigenvalue weighted by Crippen LogP contribution is -2.47. The van der Waals surface area contributed by atoms with Crippen LogP contribution >= 0.6 is 0 Å². The summed E-state index contributed by atoms with van der Waals surface area (Å²) in [4.78, 5) is 2.71. The lowest BCUT2D eigenvalue weighted by atomic mass is 9.75. The molecule has 0 N–H and O–H groups in total. The first-order chi connectivity index (χ1) is 9.82. The monoisotopic (exact) mass is 307 g/mol. The minimum atomic E-state index is -3.67. The zero-order chi connectivity index (χ0) is 15.0. The van der Waals surface area contributed by atoms with E-state index in [1.54, 1.807) is 12.1 Å². The SMILES string of the molecule is Cc1ccc(S(=O)(=O)O[C@@H]2C3[C@H]4CC[C@@H]2C(C)(C)N34)cc1. The van der Waals surface area contributed by atoms with Crippen LogP contribution in [0.5, 0.6) is 0 Å². The van der Waals surface area contributed by atoms with E-state index < -0.39 is 10.1 Å². The number of rotatable bonds is 3. The molecule has 2 unspecified atom stereocenters. The van der Waals surface area contributed by atoms with Gasteiger partial charge in [0.05, 0.1) is 17.0 Å². The maximum absolute atomic E-state index is 12.5. The van der Waals surface area contributed by atoms with Gasteiger partial charge >= 0.3 is 0 Å². The van der Waals surface area contributed by atoms with Gasteiger partial charge in [-0.25, -0.2) is 0 Å². The second kappa shape index (κ2) is 4.09. The van der Waals surface area contributed by atoms with E-state index in [0.29, 0.717) is 18.0 Å². The minimum Gasteiger partial charge on any atom is -0.286 e. The number of nitrogens with zero attached hydrogens (tertiary/aromatic N) is 1. The van der Waals surface area contributed by atoms with Crippen molar-refractivity contribution in [3.8, 4) is 0 Å². The average Bonchev–Trinajstić information content (AvgIpc) is 3.11. The summed E-state index contributed by atoms with van der Waals surface area (Å²) in [5.41, 5.74) is 1.12. The quantitative estimate of drug-likeness (QED) is 0.635. The van der Waals surface area contributed by atoms with Gasteiger partial charge in [0.1, 0.15) is 0 Å². The molecule has 4 nitrogen and oxygen atoms in total. The Morgan fingerprint density at radius 2 is 1.86 bits per heavy atom. The molecular formula is C16H21NO3S. The zero-order valence-electron chi connectivity index (χ0n) is 12.6. The van der Waals surface area contributed by atoms with Crippen LogP contribution in [0.3, 0.4) is 0 Å². The van der Waals surface area contributed by atoms with Gasteiger partial charge in [-0.05, 0) is 45.7 Å². The number of piperidine rings is 2. The fraction of sp³-hybridized carbons (Fsp3) is 0.625. The van der Waals surface area contributed by atoms with Gasteiger partial charge in [0, 0.05) is 17.5 Å². The summed E-state index contributed by atoms with van der Waals surface area (Å²) in [5.74, 6) is 0.313. The Labute approximate surface area is 126 Å². The number of hydrogen-bond acceptors (Lipinski definition) is 4. The lowest BCUT2D eigenvalue weighted by Gasteiger charge is -2.39. The minimum absolute atomic E-state index is 0.0705. The first-order valence-corrected chi connectivity index (χ1v) is 9.01. The molecule has 4 fully saturated rings. The molecule has 21 heavy (non-hydrogen) atoms. The van der Waals surface area contributed by atoms with Crippen molar-refractivity contribution in [2.24, 2.45) is 5.92 Å². The normalized spacial score (nSPS) is 39.3. The molecule has 5 rings (SSSR count). The van der Waals surface area contributed by atoms with Crippen LogP contribution < -0.4 is 0 Å². The van der Waals surface area contributed by atoms with Crippen LogP contribution in [-0.4, -0.2) is 37.0 Å². The predicted molar refractivity (Wildman–Crippen MR) is 79.5 cm³/mol. The van der Waals surface area contributed by atoms with Crippen molar-refractivity contribution in [3.05, 3.63) is 29.8 Å². The van der Waals surface area contributed by atoms with E-state index in [-0.39, 0.29) is 16.5 Å². The molecule has 0 amide bonds. The fourth-order valence-electron chi connectivity index (χ4n) is 4.53. The Kier molecular flexibility index (Phi) is 2.67. The van der Waals surface area contributed by atoms with Crippen molar-refractivity contribution in [2.45, 2.75) is 62.2 Å². The standard InChI is InChI=1S/C16H21NO3S/c1-10-4-6-11(7-5-10)21(18,19)20-15-12-8-9-13-14(15)17(13)16(12,2)3/h4-7,12-15H,8-9H2,1-3H3/t12-,13+,14?,15-,17?/m0/s1. The average molecular weight is 307 g/mol. The van der Waals surface area contributed by atoms with Gasteiger partial charge in [-0.15, -0.1) is 0 Å². The Hall–Kier alpha value is -0.910. The van der Waals surface area contributed by atoms with Crippen LogP contribution in [0.15, 0.2) is 29.2 Å². The highest BCUT2D eigenvalue weighted by atomic mass is 32.2. The summed E-state index contributed by atoms with van der Waals surface area (Å²) in [6.45, 7) is 6.37. The van der Waals surface area contributed by atoms with Crippen LogP contribution in [0, 0.1) is 12.8 Å². The van der Waals surface area contributed by atoms with Crippen LogP contribution in [0.2, 0.25) is 0 Å². The molecule has 0 spiro atoms. The largest absolute Gasteiger partial charge is 0.297 e. The van der Waals surface area contributed by atoms with Crippen molar-refractivity contribution in [1.82, 2.24) is 4.90 Å². The van der Waals surface area contributed by atoms with E-state index in [4.69, 9.17) is 4.18 Å². The van der Waals surface area contributed by atoms with Crippen LogP contribution in [-0.2, 0) is 14.3 Å². The van der Waals surface area contributed by atoms with Crippen molar-refractivity contribution in [3.63, 3.8) is 0 Å². The molecular weight excluding hydrogens is 286 g/mol. The van der Waals surface area contributed by atoms with Gasteiger partial charge in [0.15, 0.2) is 0 Å². The maximum Gasteiger partial charge on any atom is 0.297 e. The first kappa shape index (κ1) is 13.7. The molecule has 1 saturated carbocycles. The van der Waals surface area contributed by atoms with E-state index in [9.17, 15) is 8.42 Å². The van der Waals surface area contributed by atoms with Crippen LogP contribution in [0.25, 0.3) is 0 Å². The molecule has 4 bridgehead atoms. The van der Waals surface area contributed by atoms with Crippen molar-refractivity contribution in [1.29, 1.82) is 0 Å². The molecule has 1 aliphatic carbocycles. The van der Waals surface area contributed by atoms with Gasteiger partial charge in [-0.2, -0.15) is 8.42 Å². The summed E-state index contributed by atoms with van der Waals surface area (Å²) in [5, 5.41) is 0. The van der Waals surface area contributed by atoms with Crippen LogP contribution in [0.4, 0.5) is 0 Å². The summed E-state index contributed by atoms with van der Waals surface area (Å²) < 4.78 is 30.7. The number of benzene rings is 1. The second-order valence-electron chi connectivity index (χ2n) is 7.13. The molecule has 5 heteroatoms. The summed E-state index contributed by atoms with van der Waals surface area (Å²) in [6.07, 6.45) is 2.08. The topological polar surface area (TPSA) is 46.4 Å². The van der Waals surface area contributed by atoms with Gasteiger partial charge in [0.25, 0.3) is 10.1 Å². The van der Waals surface area contributed by atoms with Crippen molar-refractivity contribution >= 4 is 10.1 Å². The predicted octanol–water partition coefficient (Wildman–Crippen LogP) is 2.32. The van der Waals surface area contributed by atoms with Gasteiger partial charge < -0.3 is 0 Å². The van der Waals surface area contributed by atoms with E-state index in [2.05, 4.69) is 18.7 Å². The summed E-state index contributed by atoms with van der Waals surface area (Å²) >= 11 is 0. The third-order valence-electron chi connectivity index (χ3n) is 5.61. The highest BCUT2D eigenvalue weighted by Crippen LogP contribution is 2.61. The summed E-state index contributed by atoms with van der Waals surface area (Å²) in [6, 6.07) is 7.72. The maximum atomic E-state index is 12.5. The number of hydrogen-bond donors (Lipinski definition) is 0. The van der Waals surface area contributed by atoms with Crippen LogP contribution in [0.1, 0.15) is 32.3 Å². The molecule has 3 aliphatic heterocycles.